The highest BCUT2D eigenvalue weighted by Gasteiger charge is 2.07. The minimum absolute atomic E-state index is 0.244. The van der Waals surface area contributed by atoms with Crippen molar-refractivity contribution in [3.8, 4) is 0 Å². The van der Waals surface area contributed by atoms with Crippen LogP contribution >= 0.6 is 0 Å². The highest BCUT2D eigenvalue weighted by Crippen LogP contribution is 2.12. The number of aliphatic hydroxyl groups is 1. The zero-order valence-electron chi connectivity index (χ0n) is 9.26. The van der Waals surface area contributed by atoms with Crippen LogP contribution in [0.15, 0.2) is 18.2 Å². The van der Waals surface area contributed by atoms with Crippen molar-refractivity contribution in [1.82, 2.24) is 5.32 Å². The van der Waals surface area contributed by atoms with Crippen LogP contribution in [0.4, 0.5) is 4.39 Å². The number of likely N-dealkylation sites (N-methyl/N-ethyl adjacent to an activating group) is 1. The molecule has 1 aromatic carbocycles. The second-order valence-electron chi connectivity index (χ2n) is 3.74. The first-order chi connectivity index (χ1) is 7.13. The lowest BCUT2D eigenvalue weighted by molar-refractivity contribution is 0.172. The molecule has 3 heteroatoms. The fourth-order valence-electron chi connectivity index (χ4n) is 1.50. The summed E-state index contributed by atoms with van der Waals surface area (Å²) in [6, 6.07) is 4.67. The van der Waals surface area contributed by atoms with Gasteiger partial charge in [0.05, 0.1) is 6.10 Å². The van der Waals surface area contributed by atoms with Gasteiger partial charge in [-0.25, -0.2) is 4.39 Å². The van der Waals surface area contributed by atoms with E-state index >= 15 is 0 Å². The summed E-state index contributed by atoms with van der Waals surface area (Å²) in [5.41, 5.74) is 1.90. The first-order valence-corrected chi connectivity index (χ1v) is 5.27. The monoisotopic (exact) mass is 211 g/mol. The first-order valence-electron chi connectivity index (χ1n) is 5.27. The first kappa shape index (κ1) is 12.1. The van der Waals surface area contributed by atoms with Gasteiger partial charge in [0, 0.05) is 6.54 Å². The van der Waals surface area contributed by atoms with Gasteiger partial charge in [-0.2, -0.15) is 0 Å². The van der Waals surface area contributed by atoms with Gasteiger partial charge in [-0.1, -0.05) is 13.0 Å². The number of hydrogen-bond donors (Lipinski definition) is 2. The molecule has 84 valence electrons. The third-order valence-electron chi connectivity index (χ3n) is 2.40. The minimum atomic E-state index is -0.453. The van der Waals surface area contributed by atoms with E-state index < -0.39 is 6.10 Å². The third-order valence-corrected chi connectivity index (χ3v) is 2.40. The molecule has 2 nitrogen and oxygen atoms in total. The molecule has 0 heterocycles. The van der Waals surface area contributed by atoms with Crippen LogP contribution in [0.25, 0.3) is 0 Å². The van der Waals surface area contributed by atoms with E-state index in [0.717, 1.165) is 17.7 Å². The Kier molecular flexibility index (Phi) is 4.72. The van der Waals surface area contributed by atoms with E-state index in [1.165, 1.54) is 12.1 Å². The zero-order chi connectivity index (χ0) is 11.3. The topological polar surface area (TPSA) is 32.3 Å². The van der Waals surface area contributed by atoms with Gasteiger partial charge in [-0.3, -0.25) is 0 Å². The maximum Gasteiger partial charge on any atom is 0.123 e. The molecule has 0 aliphatic rings. The van der Waals surface area contributed by atoms with E-state index in [2.05, 4.69) is 5.32 Å². The molecule has 0 radical (unpaired) electrons. The molecule has 1 unspecified atom stereocenters. The van der Waals surface area contributed by atoms with Crippen molar-refractivity contribution < 1.29 is 9.50 Å². The van der Waals surface area contributed by atoms with Crippen LogP contribution in [-0.4, -0.2) is 24.3 Å². The molecule has 0 bridgehead atoms. The van der Waals surface area contributed by atoms with E-state index in [1.54, 1.807) is 6.07 Å². The summed E-state index contributed by atoms with van der Waals surface area (Å²) in [5, 5.41) is 12.7. The quantitative estimate of drug-likeness (QED) is 0.776. The van der Waals surface area contributed by atoms with Crippen molar-refractivity contribution in [2.24, 2.45) is 0 Å². The summed E-state index contributed by atoms with van der Waals surface area (Å²) in [6.07, 6.45) is 0.0433. The van der Waals surface area contributed by atoms with Crippen molar-refractivity contribution >= 4 is 0 Å². The molecule has 0 aliphatic carbocycles. The highest BCUT2D eigenvalue weighted by molar-refractivity contribution is 5.27. The largest absolute Gasteiger partial charge is 0.391 e. The molecule has 0 amide bonds. The van der Waals surface area contributed by atoms with Crippen LogP contribution in [0.1, 0.15) is 18.1 Å². The van der Waals surface area contributed by atoms with E-state index in [4.69, 9.17) is 0 Å². The number of benzene rings is 1. The molecule has 0 fully saturated rings. The van der Waals surface area contributed by atoms with Gasteiger partial charge >= 0.3 is 0 Å². The molecule has 1 rings (SSSR count). The van der Waals surface area contributed by atoms with Crippen LogP contribution in [0.5, 0.6) is 0 Å². The predicted molar refractivity (Wildman–Crippen MR) is 59.4 cm³/mol. The SMILES string of the molecule is CCNCC(O)Cc1cc(F)ccc1C. The van der Waals surface area contributed by atoms with Gasteiger partial charge < -0.3 is 10.4 Å². The summed E-state index contributed by atoms with van der Waals surface area (Å²) in [5.74, 6) is -0.244. The number of halogens is 1. The Bertz CT molecular complexity index is 314. The molecule has 1 aromatic rings. The van der Waals surface area contributed by atoms with Gasteiger partial charge in [0.2, 0.25) is 0 Å². The lowest BCUT2D eigenvalue weighted by Crippen LogP contribution is -2.28. The second-order valence-corrected chi connectivity index (χ2v) is 3.74. The number of nitrogens with one attached hydrogen (secondary N) is 1. The Morgan fingerprint density at radius 1 is 1.47 bits per heavy atom. The Labute approximate surface area is 90.1 Å². The van der Waals surface area contributed by atoms with E-state index in [-0.39, 0.29) is 5.82 Å². The molecule has 15 heavy (non-hydrogen) atoms. The van der Waals surface area contributed by atoms with Crippen LogP contribution in [0.2, 0.25) is 0 Å². The Balaban J connectivity index is 2.59. The van der Waals surface area contributed by atoms with Gasteiger partial charge in [0.25, 0.3) is 0 Å². The summed E-state index contributed by atoms with van der Waals surface area (Å²) in [4.78, 5) is 0. The van der Waals surface area contributed by atoms with Gasteiger partial charge in [0.1, 0.15) is 5.82 Å². The molecule has 1 atom stereocenters. The van der Waals surface area contributed by atoms with Gasteiger partial charge in [-0.05, 0) is 43.1 Å². The Morgan fingerprint density at radius 3 is 2.87 bits per heavy atom. The predicted octanol–water partition coefficient (Wildman–Crippen LogP) is 1.65. The number of rotatable bonds is 5. The summed E-state index contributed by atoms with van der Waals surface area (Å²) >= 11 is 0. The smallest absolute Gasteiger partial charge is 0.123 e. The van der Waals surface area contributed by atoms with Crippen LogP contribution in [0, 0.1) is 12.7 Å². The normalized spacial score (nSPS) is 12.8. The molecule has 0 saturated heterocycles. The third kappa shape index (κ3) is 3.98. The average molecular weight is 211 g/mol. The van der Waals surface area contributed by atoms with Crippen molar-refractivity contribution in [1.29, 1.82) is 0 Å². The highest BCUT2D eigenvalue weighted by atomic mass is 19.1. The molecule has 0 aromatic heterocycles. The fraction of sp³-hybridized carbons (Fsp3) is 0.500. The van der Waals surface area contributed by atoms with E-state index in [1.807, 2.05) is 13.8 Å². The van der Waals surface area contributed by atoms with E-state index in [9.17, 15) is 9.50 Å². The Morgan fingerprint density at radius 2 is 2.20 bits per heavy atom. The number of hydrogen-bond acceptors (Lipinski definition) is 2. The molecule has 0 spiro atoms. The molecule has 0 aliphatic heterocycles. The zero-order valence-corrected chi connectivity index (χ0v) is 9.26. The molecular weight excluding hydrogens is 193 g/mol. The second kappa shape index (κ2) is 5.83. The van der Waals surface area contributed by atoms with Crippen molar-refractivity contribution in [3.63, 3.8) is 0 Å². The average Bonchev–Trinajstić information content (AvgIpc) is 2.20. The lowest BCUT2D eigenvalue weighted by atomic mass is 10.0. The van der Waals surface area contributed by atoms with Gasteiger partial charge in [-0.15, -0.1) is 0 Å². The fourth-order valence-corrected chi connectivity index (χ4v) is 1.50. The summed E-state index contributed by atoms with van der Waals surface area (Å²) in [6.45, 7) is 5.29. The number of aryl methyl sites for hydroxylation is 1. The lowest BCUT2D eigenvalue weighted by Gasteiger charge is -2.12. The molecule has 2 N–H and O–H groups in total. The maximum absolute atomic E-state index is 13.0. The van der Waals surface area contributed by atoms with Crippen molar-refractivity contribution in [3.05, 3.63) is 35.1 Å². The van der Waals surface area contributed by atoms with Crippen LogP contribution < -0.4 is 5.32 Å². The maximum atomic E-state index is 13.0. The minimum Gasteiger partial charge on any atom is -0.391 e. The Hall–Kier alpha value is -0.930. The van der Waals surface area contributed by atoms with Crippen LogP contribution in [-0.2, 0) is 6.42 Å². The summed E-state index contributed by atoms with van der Waals surface area (Å²) in [7, 11) is 0. The number of aliphatic hydroxyl groups excluding tert-OH is 1. The summed E-state index contributed by atoms with van der Waals surface area (Å²) < 4.78 is 13.0. The van der Waals surface area contributed by atoms with Crippen LogP contribution in [0.3, 0.4) is 0 Å². The standard InChI is InChI=1S/C12H18FNO/c1-3-14-8-12(15)7-10-6-11(13)5-4-9(10)2/h4-6,12,14-15H,3,7-8H2,1-2H3. The molecule has 0 saturated carbocycles. The van der Waals surface area contributed by atoms with Crippen molar-refractivity contribution in [2.45, 2.75) is 26.4 Å². The van der Waals surface area contributed by atoms with Crippen molar-refractivity contribution in [2.75, 3.05) is 13.1 Å². The van der Waals surface area contributed by atoms with Gasteiger partial charge in [0.15, 0.2) is 0 Å². The van der Waals surface area contributed by atoms with E-state index in [0.29, 0.717) is 13.0 Å². The molecular formula is C12H18FNO.